The molecule has 3 atom stereocenters. The van der Waals surface area contributed by atoms with Crippen molar-refractivity contribution in [2.75, 3.05) is 13.2 Å². The number of rotatable bonds is 3. The third-order valence-electron chi connectivity index (χ3n) is 6.69. The Morgan fingerprint density at radius 1 is 1.28 bits per heavy atom. The summed E-state index contributed by atoms with van der Waals surface area (Å²) >= 11 is 0. The van der Waals surface area contributed by atoms with Crippen molar-refractivity contribution in [3.8, 4) is 11.3 Å². The van der Waals surface area contributed by atoms with E-state index in [1.165, 1.54) is 0 Å². The Morgan fingerprint density at radius 2 is 2.03 bits per heavy atom. The number of hydrogen-bond acceptors (Lipinski definition) is 4. The van der Waals surface area contributed by atoms with Gasteiger partial charge in [0.2, 0.25) is 5.91 Å². The van der Waals surface area contributed by atoms with Gasteiger partial charge in [-0.05, 0) is 17.5 Å². The zero-order valence-corrected chi connectivity index (χ0v) is 17.0. The summed E-state index contributed by atoms with van der Waals surface area (Å²) in [6.07, 6.45) is 0.990. The molecular weight excluding hydrogens is 368 g/mol. The Kier molecular flexibility index (Phi) is 4.07. The molecule has 0 saturated carbocycles. The molecule has 0 radical (unpaired) electrons. The number of carbonyl (C=O) groups excluding carboxylic acids is 2. The van der Waals surface area contributed by atoms with Gasteiger partial charge < -0.3 is 14.5 Å². The zero-order valence-electron chi connectivity index (χ0n) is 17.0. The summed E-state index contributed by atoms with van der Waals surface area (Å²) in [6.45, 7) is 5.36. The van der Waals surface area contributed by atoms with Crippen molar-refractivity contribution >= 4 is 11.8 Å². The first-order valence-corrected chi connectivity index (χ1v) is 10.3. The fraction of sp³-hybridized carbons (Fsp3) is 0.500. The lowest BCUT2D eigenvalue weighted by molar-refractivity contribution is -0.139. The lowest BCUT2D eigenvalue weighted by Crippen LogP contribution is -2.51. The first-order valence-electron chi connectivity index (χ1n) is 10.3. The first-order chi connectivity index (χ1) is 13.9. The lowest BCUT2D eigenvalue weighted by Gasteiger charge is -2.34. The van der Waals surface area contributed by atoms with Gasteiger partial charge in [-0.3, -0.25) is 14.3 Å². The number of aryl methyl sites for hydroxylation is 1. The quantitative estimate of drug-likeness (QED) is 0.801. The predicted octanol–water partition coefficient (Wildman–Crippen LogP) is 2.29. The molecule has 0 bridgehead atoms. The van der Waals surface area contributed by atoms with Crippen LogP contribution in [0.25, 0.3) is 11.3 Å². The predicted molar refractivity (Wildman–Crippen MR) is 107 cm³/mol. The molecule has 4 heterocycles. The molecule has 0 aliphatic carbocycles. The number of amides is 2. The Balaban J connectivity index is 1.44. The summed E-state index contributed by atoms with van der Waals surface area (Å²) in [5.74, 6) is 0.289. The van der Waals surface area contributed by atoms with Crippen LogP contribution in [0.2, 0.25) is 0 Å². The molecule has 0 N–H and O–H groups in total. The van der Waals surface area contributed by atoms with E-state index in [-0.39, 0.29) is 23.9 Å². The van der Waals surface area contributed by atoms with Crippen LogP contribution >= 0.6 is 0 Å². The van der Waals surface area contributed by atoms with Gasteiger partial charge in [-0.2, -0.15) is 5.10 Å². The molecule has 1 spiro atoms. The van der Waals surface area contributed by atoms with Crippen molar-refractivity contribution in [2.45, 2.75) is 44.5 Å². The van der Waals surface area contributed by atoms with Crippen molar-refractivity contribution in [1.82, 2.24) is 19.6 Å². The summed E-state index contributed by atoms with van der Waals surface area (Å²) in [6, 6.07) is 11.6. The minimum absolute atomic E-state index is 0.0853. The standard InChI is InChI=1S/C22H26N4O3/c1-14(2)18-13-29-22-9-10-25(19(22)12-20(27)26(18)22)21(28)16-11-17(24(3)23-16)15-7-5-4-6-8-15/h4-8,11,14,18-19H,9-10,12-13H2,1-3H3/t18-,19+,22-/m0/s1. The van der Waals surface area contributed by atoms with Crippen molar-refractivity contribution in [1.29, 1.82) is 0 Å². The van der Waals surface area contributed by atoms with Gasteiger partial charge in [-0.15, -0.1) is 0 Å². The molecule has 0 unspecified atom stereocenters. The van der Waals surface area contributed by atoms with E-state index >= 15 is 0 Å². The van der Waals surface area contributed by atoms with E-state index < -0.39 is 5.72 Å². The monoisotopic (exact) mass is 394 g/mol. The molecule has 7 nitrogen and oxygen atoms in total. The Labute approximate surface area is 170 Å². The Hall–Kier alpha value is -2.67. The smallest absolute Gasteiger partial charge is 0.274 e. The number of benzene rings is 1. The van der Waals surface area contributed by atoms with Crippen molar-refractivity contribution < 1.29 is 14.3 Å². The molecule has 1 aromatic heterocycles. The maximum Gasteiger partial charge on any atom is 0.274 e. The SMILES string of the molecule is CC(C)[C@@H]1CO[C@@]23CCN(C(=O)c4cc(-c5ccccc5)n(C)n4)[C@@H]2CC(=O)N13. The van der Waals surface area contributed by atoms with E-state index in [1.807, 2.05) is 48.3 Å². The second-order valence-corrected chi connectivity index (χ2v) is 8.60. The highest BCUT2D eigenvalue weighted by Crippen LogP contribution is 2.49. The third kappa shape index (κ3) is 2.56. The zero-order chi connectivity index (χ0) is 20.3. The van der Waals surface area contributed by atoms with E-state index in [0.29, 0.717) is 37.6 Å². The van der Waals surface area contributed by atoms with Crippen LogP contribution < -0.4 is 0 Å². The lowest BCUT2D eigenvalue weighted by atomic mass is 10.0. The van der Waals surface area contributed by atoms with E-state index in [1.54, 1.807) is 9.58 Å². The number of ether oxygens (including phenoxy) is 1. The van der Waals surface area contributed by atoms with Crippen molar-refractivity contribution in [3.63, 3.8) is 0 Å². The van der Waals surface area contributed by atoms with Gasteiger partial charge in [-0.1, -0.05) is 44.2 Å². The highest BCUT2D eigenvalue weighted by Gasteiger charge is 2.65. The van der Waals surface area contributed by atoms with Crippen LogP contribution in [-0.2, 0) is 16.6 Å². The maximum atomic E-state index is 13.4. The molecule has 2 amide bonds. The molecular formula is C22H26N4O3. The highest BCUT2D eigenvalue weighted by atomic mass is 16.5. The van der Waals surface area contributed by atoms with Gasteiger partial charge in [-0.25, -0.2) is 0 Å². The van der Waals surface area contributed by atoms with Crippen LogP contribution in [0.3, 0.4) is 0 Å². The largest absolute Gasteiger partial charge is 0.351 e. The van der Waals surface area contributed by atoms with E-state index in [9.17, 15) is 9.59 Å². The molecule has 29 heavy (non-hydrogen) atoms. The normalized spacial score (nSPS) is 28.3. The number of likely N-dealkylation sites (tertiary alicyclic amines) is 1. The van der Waals surface area contributed by atoms with E-state index in [2.05, 4.69) is 18.9 Å². The van der Waals surface area contributed by atoms with Gasteiger partial charge in [0.15, 0.2) is 11.4 Å². The Morgan fingerprint density at radius 3 is 2.76 bits per heavy atom. The Bertz CT molecular complexity index is 970. The van der Waals surface area contributed by atoms with Gasteiger partial charge in [0.1, 0.15) is 0 Å². The molecule has 152 valence electrons. The minimum atomic E-state index is -0.654. The topological polar surface area (TPSA) is 67.7 Å². The van der Waals surface area contributed by atoms with Gasteiger partial charge in [0.25, 0.3) is 5.91 Å². The van der Waals surface area contributed by atoms with E-state index in [0.717, 1.165) is 11.3 Å². The van der Waals surface area contributed by atoms with Crippen LogP contribution in [-0.4, -0.2) is 62.4 Å². The second-order valence-electron chi connectivity index (χ2n) is 8.60. The second kappa shape index (κ2) is 6.42. The van der Waals surface area contributed by atoms with E-state index in [4.69, 9.17) is 4.74 Å². The molecule has 7 heteroatoms. The summed E-state index contributed by atoms with van der Waals surface area (Å²) in [7, 11) is 1.85. The average molecular weight is 394 g/mol. The number of nitrogens with zero attached hydrogens (tertiary/aromatic N) is 4. The van der Waals surface area contributed by atoms with Crippen LogP contribution in [0.4, 0.5) is 0 Å². The molecule has 2 aromatic rings. The molecule has 3 aliphatic heterocycles. The maximum absolute atomic E-state index is 13.4. The van der Waals surface area contributed by atoms with Crippen molar-refractivity contribution in [2.24, 2.45) is 13.0 Å². The number of hydrogen-bond donors (Lipinski definition) is 0. The van der Waals surface area contributed by atoms with Gasteiger partial charge in [0.05, 0.1) is 30.8 Å². The van der Waals surface area contributed by atoms with Crippen LogP contribution in [0.1, 0.15) is 37.2 Å². The third-order valence-corrected chi connectivity index (χ3v) is 6.69. The summed E-state index contributed by atoms with van der Waals surface area (Å²) in [4.78, 5) is 29.9. The fourth-order valence-corrected chi connectivity index (χ4v) is 5.21. The average Bonchev–Trinajstić information content (AvgIpc) is 3.42. The summed E-state index contributed by atoms with van der Waals surface area (Å²) in [5.41, 5.74) is 1.66. The molecule has 3 aliphatic rings. The molecule has 3 fully saturated rings. The number of aromatic nitrogens is 2. The number of carbonyl (C=O) groups is 2. The van der Waals surface area contributed by atoms with Crippen LogP contribution in [0.15, 0.2) is 36.4 Å². The van der Waals surface area contributed by atoms with Gasteiger partial charge in [0, 0.05) is 20.0 Å². The van der Waals surface area contributed by atoms with Crippen LogP contribution in [0, 0.1) is 5.92 Å². The molecule has 5 rings (SSSR count). The first kappa shape index (κ1) is 18.4. The van der Waals surface area contributed by atoms with Gasteiger partial charge >= 0.3 is 0 Å². The van der Waals surface area contributed by atoms with Crippen LogP contribution in [0.5, 0.6) is 0 Å². The highest BCUT2D eigenvalue weighted by molar-refractivity contribution is 5.95. The summed E-state index contributed by atoms with van der Waals surface area (Å²) < 4.78 is 7.97. The van der Waals surface area contributed by atoms with Crippen molar-refractivity contribution in [3.05, 3.63) is 42.1 Å². The molecule has 3 saturated heterocycles. The fourth-order valence-electron chi connectivity index (χ4n) is 5.21. The minimum Gasteiger partial charge on any atom is -0.351 e. The molecule has 1 aromatic carbocycles. The summed E-state index contributed by atoms with van der Waals surface area (Å²) in [5, 5.41) is 4.48.